The van der Waals surface area contributed by atoms with Crippen molar-refractivity contribution in [3.05, 3.63) is 54.1 Å². The molecule has 3 rings (SSSR count). The molecule has 114 valence electrons. The lowest BCUT2D eigenvalue weighted by atomic mass is 10.2. The van der Waals surface area contributed by atoms with Gasteiger partial charge in [0.15, 0.2) is 11.2 Å². The van der Waals surface area contributed by atoms with Crippen molar-refractivity contribution in [2.75, 3.05) is 5.32 Å². The zero-order valence-corrected chi connectivity index (χ0v) is 13.1. The van der Waals surface area contributed by atoms with Gasteiger partial charge in [-0.3, -0.25) is 10.1 Å². The highest BCUT2D eigenvalue weighted by molar-refractivity contribution is 7.22. The number of aromatic nitrogens is 1. The molecular weight excluding hydrogens is 310 g/mol. The van der Waals surface area contributed by atoms with Gasteiger partial charge in [0.05, 0.1) is 21.8 Å². The third-order valence-electron chi connectivity index (χ3n) is 3.19. The van der Waals surface area contributed by atoms with E-state index in [0.717, 1.165) is 10.2 Å². The molecule has 0 bridgehead atoms. The summed E-state index contributed by atoms with van der Waals surface area (Å²) in [5, 5.41) is 12.1. The maximum absolute atomic E-state index is 12.2. The number of amides is 1. The molecule has 0 aliphatic heterocycles. The summed E-state index contributed by atoms with van der Waals surface area (Å²) in [5.74, 6) is 0.268. The fraction of sp³-hybridized carbons (Fsp3) is 0.118. The maximum atomic E-state index is 12.2. The number of anilines is 1. The first kappa shape index (κ1) is 15.0. The molecule has 23 heavy (non-hydrogen) atoms. The summed E-state index contributed by atoms with van der Waals surface area (Å²) < 4.78 is 6.59. The molecule has 0 radical (unpaired) electrons. The predicted molar refractivity (Wildman–Crippen MR) is 89.5 cm³/mol. The minimum absolute atomic E-state index is 0.270. The van der Waals surface area contributed by atoms with Crippen LogP contribution < -0.4 is 10.1 Å². The van der Waals surface area contributed by atoms with E-state index in [1.165, 1.54) is 11.3 Å². The molecule has 6 heteroatoms. The fourth-order valence-electron chi connectivity index (χ4n) is 2.00. The summed E-state index contributed by atoms with van der Waals surface area (Å²) in [5.41, 5.74) is 1.40. The normalized spacial score (nSPS) is 11.7. The second-order valence-electron chi connectivity index (χ2n) is 4.87. The average Bonchev–Trinajstić information content (AvgIpc) is 2.97. The van der Waals surface area contributed by atoms with Gasteiger partial charge in [-0.15, -0.1) is 0 Å². The Morgan fingerprint density at radius 1 is 1.26 bits per heavy atom. The molecule has 2 aromatic carbocycles. The lowest BCUT2D eigenvalue weighted by molar-refractivity contribution is -0.122. The number of benzene rings is 2. The summed E-state index contributed by atoms with van der Waals surface area (Å²) >= 11 is 1.42. The lowest BCUT2D eigenvalue weighted by Gasteiger charge is -2.13. The standard InChI is InChI=1S/C17H13N3O2S/c1-11(22-13-8-6-12(10-18)7-9-13)16(21)20-17-19-14-4-2-3-5-15(14)23-17/h2-9,11H,1H3,(H,19,20,21)/t11-/m0/s1. The molecule has 0 aliphatic rings. The fourth-order valence-corrected chi connectivity index (χ4v) is 2.87. The SMILES string of the molecule is C[C@H](Oc1ccc(C#N)cc1)C(=O)Nc1nc2ccccc2s1. The minimum atomic E-state index is -0.671. The van der Waals surface area contributed by atoms with Gasteiger partial charge in [0.2, 0.25) is 0 Å². The van der Waals surface area contributed by atoms with Crippen LogP contribution in [0.5, 0.6) is 5.75 Å². The van der Waals surface area contributed by atoms with E-state index < -0.39 is 6.10 Å². The molecule has 0 aliphatic carbocycles. The van der Waals surface area contributed by atoms with Crippen LogP contribution in [0.4, 0.5) is 5.13 Å². The predicted octanol–water partition coefficient (Wildman–Crippen LogP) is 3.57. The average molecular weight is 323 g/mol. The molecule has 5 nitrogen and oxygen atoms in total. The van der Waals surface area contributed by atoms with Gasteiger partial charge in [0.1, 0.15) is 5.75 Å². The van der Waals surface area contributed by atoms with Crippen molar-refractivity contribution in [1.29, 1.82) is 5.26 Å². The Labute approximate surface area is 137 Å². The molecule has 0 unspecified atom stereocenters. The van der Waals surface area contributed by atoms with E-state index in [4.69, 9.17) is 10.00 Å². The molecule has 3 aromatic rings. The van der Waals surface area contributed by atoms with Crippen LogP contribution in [0.15, 0.2) is 48.5 Å². The second kappa shape index (κ2) is 6.46. The number of carbonyl (C=O) groups is 1. The highest BCUT2D eigenvalue weighted by Gasteiger charge is 2.16. The largest absolute Gasteiger partial charge is 0.481 e. The third kappa shape index (κ3) is 3.47. The topological polar surface area (TPSA) is 75.0 Å². The highest BCUT2D eigenvalue weighted by atomic mass is 32.1. The van der Waals surface area contributed by atoms with E-state index >= 15 is 0 Å². The zero-order valence-electron chi connectivity index (χ0n) is 12.3. The number of carbonyl (C=O) groups excluding carboxylic acids is 1. The van der Waals surface area contributed by atoms with Crippen LogP contribution in [-0.2, 0) is 4.79 Å². The van der Waals surface area contributed by atoms with Crippen molar-refractivity contribution >= 4 is 32.6 Å². The summed E-state index contributed by atoms with van der Waals surface area (Å²) in [6, 6.07) is 16.4. The van der Waals surface area contributed by atoms with Gasteiger partial charge < -0.3 is 4.74 Å². The summed E-state index contributed by atoms with van der Waals surface area (Å²) in [7, 11) is 0. The Morgan fingerprint density at radius 3 is 2.70 bits per heavy atom. The highest BCUT2D eigenvalue weighted by Crippen LogP contribution is 2.25. The van der Waals surface area contributed by atoms with E-state index in [1.54, 1.807) is 31.2 Å². The number of para-hydroxylation sites is 1. The summed E-state index contributed by atoms with van der Waals surface area (Å²) in [4.78, 5) is 16.6. The van der Waals surface area contributed by atoms with Gasteiger partial charge in [-0.2, -0.15) is 5.26 Å². The van der Waals surface area contributed by atoms with Gasteiger partial charge in [-0.1, -0.05) is 23.5 Å². The molecule has 1 amide bonds. The number of hydrogen-bond donors (Lipinski definition) is 1. The summed E-state index contributed by atoms with van der Waals surface area (Å²) in [6.45, 7) is 1.67. The molecular formula is C17H13N3O2S. The first-order valence-corrected chi connectivity index (χ1v) is 7.80. The van der Waals surface area contributed by atoms with E-state index in [9.17, 15) is 4.79 Å². The van der Waals surface area contributed by atoms with Crippen LogP contribution in [0.2, 0.25) is 0 Å². The number of rotatable bonds is 4. The molecule has 0 saturated heterocycles. The Bertz CT molecular complexity index is 848. The third-order valence-corrected chi connectivity index (χ3v) is 4.14. The molecule has 1 N–H and O–H groups in total. The number of nitrogens with one attached hydrogen (secondary N) is 1. The Balaban J connectivity index is 1.65. The van der Waals surface area contributed by atoms with Crippen molar-refractivity contribution < 1.29 is 9.53 Å². The number of hydrogen-bond acceptors (Lipinski definition) is 5. The number of thiazole rings is 1. The Hall–Kier alpha value is -2.91. The number of ether oxygens (including phenoxy) is 1. The number of fused-ring (bicyclic) bond motifs is 1. The van der Waals surface area contributed by atoms with Gasteiger partial charge in [0.25, 0.3) is 5.91 Å². The van der Waals surface area contributed by atoms with Gasteiger partial charge in [-0.05, 0) is 43.3 Å². The minimum Gasteiger partial charge on any atom is -0.481 e. The Kier molecular flexibility index (Phi) is 4.22. The van der Waals surface area contributed by atoms with Crippen LogP contribution in [-0.4, -0.2) is 17.0 Å². The smallest absolute Gasteiger partial charge is 0.266 e. The van der Waals surface area contributed by atoms with Gasteiger partial charge in [-0.25, -0.2) is 4.98 Å². The van der Waals surface area contributed by atoms with Crippen LogP contribution >= 0.6 is 11.3 Å². The van der Waals surface area contributed by atoms with Crippen LogP contribution in [0.1, 0.15) is 12.5 Å². The zero-order chi connectivity index (χ0) is 16.2. The Morgan fingerprint density at radius 2 is 2.00 bits per heavy atom. The lowest BCUT2D eigenvalue weighted by Crippen LogP contribution is -2.30. The molecule has 0 spiro atoms. The van der Waals surface area contributed by atoms with Crippen molar-refractivity contribution in [2.45, 2.75) is 13.0 Å². The molecule has 1 atom stereocenters. The monoisotopic (exact) mass is 323 g/mol. The summed E-state index contributed by atoms with van der Waals surface area (Å²) in [6.07, 6.45) is -0.671. The molecule has 0 fully saturated rings. The maximum Gasteiger partial charge on any atom is 0.266 e. The van der Waals surface area contributed by atoms with Crippen molar-refractivity contribution in [2.24, 2.45) is 0 Å². The van der Waals surface area contributed by atoms with Crippen LogP contribution in [0, 0.1) is 11.3 Å². The van der Waals surface area contributed by atoms with Crippen molar-refractivity contribution in [1.82, 2.24) is 4.98 Å². The molecule has 1 aromatic heterocycles. The van der Waals surface area contributed by atoms with E-state index in [2.05, 4.69) is 10.3 Å². The quantitative estimate of drug-likeness (QED) is 0.796. The number of nitrogens with zero attached hydrogens (tertiary/aromatic N) is 2. The molecule has 0 saturated carbocycles. The second-order valence-corrected chi connectivity index (χ2v) is 5.90. The first-order valence-electron chi connectivity index (χ1n) is 6.99. The van der Waals surface area contributed by atoms with Crippen molar-refractivity contribution in [3.8, 4) is 11.8 Å². The van der Waals surface area contributed by atoms with Crippen LogP contribution in [0.25, 0.3) is 10.2 Å². The van der Waals surface area contributed by atoms with E-state index in [1.807, 2.05) is 30.3 Å². The van der Waals surface area contributed by atoms with E-state index in [0.29, 0.717) is 16.4 Å². The molecule has 1 heterocycles. The van der Waals surface area contributed by atoms with Crippen LogP contribution in [0.3, 0.4) is 0 Å². The first-order chi connectivity index (χ1) is 11.2. The van der Waals surface area contributed by atoms with Gasteiger partial charge in [0, 0.05) is 0 Å². The van der Waals surface area contributed by atoms with Crippen molar-refractivity contribution in [3.63, 3.8) is 0 Å². The van der Waals surface area contributed by atoms with Gasteiger partial charge >= 0.3 is 0 Å². The van der Waals surface area contributed by atoms with E-state index in [-0.39, 0.29) is 5.91 Å². The number of nitriles is 1.